The molecular weight excluding hydrogens is 262 g/mol. The lowest BCUT2D eigenvalue weighted by molar-refractivity contribution is 0.0943. The maximum Gasteiger partial charge on any atom is 0.255 e. The second-order valence-electron chi connectivity index (χ2n) is 4.79. The van der Waals surface area contributed by atoms with Gasteiger partial charge in [-0.1, -0.05) is 44.7 Å². The zero-order chi connectivity index (χ0) is 14.3. The molecule has 4 heteroatoms. The van der Waals surface area contributed by atoms with Gasteiger partial charge in [0.25, 0.3) is 5.91 Å². The summed E-state index contributed by atoms with van der Waals surface area (Å²) in [6, 6.07) is 4.52. The second kappa shape index (κ2) is 8.05. The molecule has 0 spiro atoms. The van der Waals surface area contributed by atoms with E-state index in [2.05, 4.69) is 19.2 Å². The number of hydrogen-bond donors (Lipinski definition) is 2. The zero-order valence-electron chi connectivity index (χ0n) is 11.6. The molecule has 0 saturated carbocycles. The third-order valence-corrected chi connectivity index (χ3v) is 3.53. The van der Waals surface area contributed by atoms with Gasteiger partial charge in [-0.05, 0) is 30.5 Å². The van der Waals surface area contributed by atoms with Gasteiger partial charge in [0.1, 0.15) is 5.75 Å². The summed E-state index contributed by atoms with van der Waals surface area (Å²) in [6.45, 7) is 4.95. The van der Waals surface area contributed by atoms with Crippen LogP contribution >= 0.6 is 11.6 Å². The Balaban J connectivity index is 2.54. The highest BCUT2D eigenvalue weighted by Crippen LogP contribution is 2.22. The molecule has 1 aromatic rings. The summed E-state index contributed by atoms with van der Waals surface area (Å²) in [5.41, 5.74) is 0.273. The van der Waals surface area contributed by atoms with E-state index in [1.165, 1.54) is 18.9 Å². The molecule has 0 aliphatic heterocycles. The zero-order valence-corrected chi connectivity index (χ0v) is 12.3. The van der Waals surface area contributed by atoms with Gasteiger partial charge < -0.3 is 10.4 Å². The van der Waals surface area contributed by atoms with Gasteiger partial charge in [0.2, 0.25) is 0 Å². The van der Waals surface area contributed by atoms with Crippen molar-refractivity contribution in [2.75, 3.05) is 6.54 Å². The van der Waals surface area contributed by atoms with Crippen LogP contribution in [0, 0.1) is 5.92 Å². The third-order valence-electron chi connectivity index (χ3n) is 3.30. The van der Waals surface area contributed by atoms with Gasteiger partial charge in [-0.3, -0.25) is 4.79 Å². The van der Waals surface area contributed by atoms with Gasteiger partial charge in [0, 0.05) is 11.6 Å². The molecule has 106 valence electrons. The molecule has 1 atom stereocenters. The normalized spacial score (nSPS) is 12.2. The molecule has 0 heterocycles. The molecule has 0 saturated heterocycles. The smallest absolute Gasteiger partial charge is 0.255 e. The first-order valence-electron chi connectivity index (χ1n) is 6.85. The van der Waals surface area contributed by atoms with Crippen LogP contribution in [0.25, 0.3) is 0 Å². The number of rotatable bonds is 7. The van der Waals surface area contributed by atoms with Gasteiger partial charge in [0.05, 0.1) is 5.56 Å². The van der Waals surface area contributed by atoms with Crippen LogP contribution in [0.2, 0.25) is 5.02 Å². The average Bonchev–Trinajstić information content (AvgIpc) is 2.38. The van der Waals surface area contributed by atoms with E-state index in [0.717, 1.165) is 12.8 Å². The topological polar surface area (TPSA) is 49.3 Å². The lowest BCUT2D eigenvalue weighted by Gasteiger charge is -2.15. The van der Waals surface area contributed by atoms with Gasteiger partial charge in [-0.25, -0.2) is 0 Å². The average molecular weight is 284 g/mol. The Kier molecular flexibility index (Phi) is 6.71. The number of phenols is 1. The van der Waals surface area contributed by atoms with Gasteiger partial charge in [-0.2, -0.15) is 0 Å². The molecule has 2 N–H and O–H groups in total. The minimum absolute atomic E-state index is 0.0772. The number of carbonyl (C=O) groups excluding carboxylic acids is 1. The number of halogens is 1. The van der Waals surface area contributed by atoms with E-state index >= 15 is 0 Å². The molecule has 0 bridgehead atoms. The maximum absolute atomic E-state index is 12.0. The second-order valence-corrected chi connectivity index (χ2v) is 5.22. The molecule has 0 aliphatic rings. The molecular formula is C15H22ClNO2. The van der Waals surface area contributed by atoms with Crippen molar-refractivity contribution in [1.29, 1.82) is 0 Å². The van der Waals surface area contributed by atoms with Crippen LogP contribution in [-0.4, -0.2) is 17.6 Å². The number of nitrogens with one attached hydrogen (secondary N) is 1. The number of benzene rings is 1. The van der Waals surface area contributed by atoms with E-state index in [4.69, 9.17) is 11.6 Å². The van der Waals surface area contributed by atoms with Crippen molar-refractivity contribution in [2.45, 2.75) is 39.5 Å². The van der Waals surface area contributed by atoms with Crippen molar-refractivity contribution >= 4 is 17.5 Å². The summed E-state index contributed by atoms with van der Waals surface area (Å²) in [7, 11) is 0. The standard InChI is InChI=1S/C15H22ClNO2/c1-3-5-6-11(4-2)10-17-15(19)13-8-7-12(16)9-14(13)18/h7-9,11,18H,3-6,10H2,1-2H3,(H,17,19). The van der Waals surface area contributed by atoms with Crippen LogP contribution in [0.4, 0.5) is 0 Å². The van der Waals surface area contributed by atoms with E-state index in [0.29, 0.717) is 17.5 Å². The Hall–Kier alpha value is -1.22. The van der Waals surface area contributed by atoms with Gasteiger partial charge in [0.15, 0.2) is 0 Å². The lowest BCUT2D eigenvalue weighted by atomic mass is 9.99. The van der Waals surface area contributed by atoms with E-state index in [1.807, 2.05) is 0 Å². The van der Waals surface area contributed by atoms with Crippen molar-refractivity contribution in [2.24, 2.45) is 5.92 Å². The highest BCUT2D eigenvalue weighted by molar-refractivity contribution is 6.30. The molecule has 1 aromatic carbocycles. The first-order chi connectivity index (χ1) is 9.08. The van der Waals surface area contributed by atoms with Crippen molar-refractivity contribution in [3.05, 3.63) is 28.8 Å². The summed E-state index contributed by atoms with van der Waals surface area (Å²) in [4.78, 5) is 12.0. The molecule has 0 fully saturated rings. The Bertz CT molecular complexity index is 421. The van der Waals surface area contributed by atoms with Crippen LogP contribution in [-0.2, 0) is 0 Å². The Morgan fingerprint density at radius 1 is 1.42 bits per heavy atom. The highest BCUT2D eigenvalue weighted by Gasteiger charge is 2.13. The third kappa shape index (κ3) is 5.11. The Labute approximate surface area is 120 Å². The number of phenolic OH excluding ortho intramolecular Hbond substituents is 1. The molecule has 1 rings (SSSR count). The fraction of sp³-hybridized carbons (Fsp3) is 0.533. The van der Waals surface area contributed by atoms with Crippen molar-refractivity contribution in [1.82, 2.24) is 5.32 Å². The fourth-order valence-electron chi connectivity index (χ4n) is 1.97. The molecule has 19 heavy (non-hydrogen) atoms. The maximum atomic E-state index is 12.0. The van der Waals surface area contributed by atoms with Crippen molar-refractivity contribution in [3.8, 4) is 5.75 Å². The summed E-state index contributed by atoms with van der Waals surface area (Å²) in [6.07, 6.45) is 4.52. The molecule has 1 amide bonds. The highest BCUT2D eigenvalue weighted by atomic mass is 35.5. The predicted octanol–water partition coefficient (Wildman–Crippen LogP) is 3.99. The van der Waals surface area contributed by atoms with Crippen LogP contribution < -0.4 is 5.32 Å². The SMILES string of the molecule is CCCCC(CC)CNC(=O)c1ccc(Cl)cc1O. The number of carbonyl (C=O) groups is 1. The quantitative estimate of drug-likeness (QED) is 0.795. The van der Waals surface area contributed by atoms with E-state index in [9.17, 15) is 9.90 Å². The number of hydrogen-bond acceptors (Lipinski definition) is 2. The lowest BCUT2D eigenvalue weighted by Crippen LogP contribution is -2.29. The first-order valence-corrected chi connectivity index (χ1v) is 7.23. The number of unbranched alkanes of at least 4 members (excludes halogenated alkanes) is 1. The molecule has 3 nitrogen and oxygen atoms in total. The van der Waals surface area contributed by atoms with Crippen molar-refractivity contribution in [3.63, 3.8) is 0 Å². The van der Waals surface area contributed by atoms with Crippen LogP contribution in [0.15, 0.2) is 18.2 Å². The summed E-state index contributed by atoms with van der Waals surface area (Å²) in [5, 5.41) is 13.0. The summed E-state index contributed by atoms with van der Waals surface area (Å²) < 4.78 is 0. The molecule has 1 unspecified atom stereocenters. The van der Waals surface area contributed by atoms with E-state index in [-0.39, 0.29) is 17.2 Å². The summed E-state index contributed by atoms with van der Waals surface area (Å²) >= 11 is 5.74. The fourth-order valence-corrected chi connectivity index (χ4v) is 2.14. The van der Waals surface area contributed by atoms with Crippen LogP contribution in [0.1, 0.15) is 49.9 Å². The number of aromatic hydroxyl groups is 1. The van der Waals surface area contributed by atoms with E-state index in [1.54, 1.807) is 12.1 Å². The van der Waals surface area contributed by atoms with Crippen LogP contribution in [0.3, 0.4) is 0 Å². The van der Waals surface area contributed by atoms with Crippen molar-refractivity contribution < 1.29 is 9.90 Å². The number of amides is 1. The Morgan fingerprint density at radius 3 is 2.74 bits per heavy atom. The monoisotopic (exact) mass is 283 g/mol. The molecule has 0 radical (unpaired) electrons. The Morgan fingerprint density at radius 2 is 2.16 bits per heavy atom. The minimum Gasteiger partial charge on any atom is -0.507 e. The molecule has 0 aliphatic carbocycles. The minimum atomic E-state index is -0.246. The molecule has 0 aromatic heterocycles. The van der Waals surface area contributed by atoms with E-state index < -0.39 is 0 Å². The predicted molar refractivity (Wildman–Crippen MR) is 78.8 cm³/mol. The largest absolute Gasteiger partial charge is 0.507 e. The van der Waals surface area contributed by atoms with Gasteiger partial charge >= 0.3 is 0 Å². The van der Waals surface area contributed by atoms with Crippen LogP contribution in [0.5, 0.6) is 5.75 Å². The summed E-state index contributed by atoms with van der Waals surface area (Å²) in [5.74, 6) is 0.175. The first kappa shape index (κ1) is 15.8. The van der Waals surface area contributed by atoms with Gasteiger partial charge in [-0.15, -0.1) is 0 Å².